The quantitative estimate of drug-likeness (QED) is 0.352. The van der Waals surface area contributed by atoms with Crippen LogP contribution in [0.5, 0.6) is 0 Å². The van der Waals surface area contributed by atoms with Gasteiger partial charge in [0.15, 0.2) is 0 Å². The van der Waals surface area contributed by atoms with E-state index in [0.29, 0.717) is 36.2 Å². The molecule has 0 amide bonds. The number of rotatable bonds is 9. The van der Waals surface area contributed by atoms with Crippen molar-refractivity contribution in [2.24, 2.45) is 40.4 Å². The lowest BCUT2D eigenvalue weighted by Gasteiger charge is -2.61. The number of hydrogen-bond acceptors (Lipinski definition) is 4. The molecular formula is C29H48O4. The van der Waals surface area contributed by atoms with Gasteiger partial charge in [0.25, 0.3) is 0 Å². The number of allylic oxidation sites excluding steroid dienone is 1. The SMILES string of the molecule is CCCOCCC(OCCC)[C@]1(O)[C@H]2C[C@H]2C2C3CC=C4CC(O)CC[C@]4(C)C3CC[C@@]21C. The Hall–Kier alpha value is -0.420. The van der Waals surface area contributed by atoms with E-state index in [2.05, 4.69) is 33.8 Å². The van der Waals surface area contributed by atoms with Gasteiger partial charge in [0.1, 0.15) is 0 Å². The first-order valence-electron chi connectivity index (χ1n) is 14.1. The third kappa shape index (κ3) is 3.60. The molecule has 4 fully saturated rings. The molecule has 0 saturated heterocycles. The largest absolute Gasteiger partial charge is 0.393 e. The van der Waals surface area contributed by atoms with Gasteiger partial charge in [0.05, 0.1) is 17.8 Å². The van der Waals surface area contributed by atoms with Crippen LogP contribution in [0, 0.1) is 40.4 Å². The average Bonchev–Trinajstić information content (AvgIpc) is 3.55. The maximum absolute atomic E-state index is 12.6. The molecule has 0 spiro atoms. The predicted octanol–water partition coefficient (Wildman–Crippen LogP) is 5.51. The van der Waals surface area contributed by atoms with E-state index < -0.39 is 5.60 Å². The molecule has 188 valence electrons. The maximum atomic E-state index is 12.6. The van der Waals surface area contributed by atoms with E-state index in [-0.39, 0.29) is 23.0 Å². The molecule has 0 radical (unpaired) electrons. The van der Waals surface area contributed by atoms with E-state index in [0.717, 1.165) is 64.6 Å². The Morgan fingerprint density at radius 2 is 1.82 bits per heavy atom. The summed E-state index contributed by atoms with van der Waals surface area (Å²) in [5.41, 5.74) is 0.983. The van der Waals surface area contributed by atoms with Crippen LogP contribution in [0.1, 0.15) is 91.9 Å². The number of ether oxygens (including phenoxy) is 2. The highest BCUT2D eigenvalue weighted by atomic mass is 16.5. The van der Waals surface area contributed by atoms with Crippen molar-refractivity contribution in [2.45, 2.75) is 110 Å². The molecule has 0 heterocycles. The highest BCUT2D eigenvalue weighted by Crippen LogP contribution is 2.77. The first-order chi connectivity index (χ1) is 15.8. The summed E-state index contributed by atoms with van der Waals surface area (Å²) in [6.07, 6.45) is 12.6. The minimum absolute atomic E-state index is 0.0687. The monoisotopic (exact) mass is 460 g/mol. The second kappa shape index (κ2) is 8.91. The summed E-state index contributed by atoms with van der Waals surface area (Å²) in [7, 11) is 0. The summed E-state index contributed by atoms with van der Waals surface area (Å²) in [5.74, 6) is 3.02. The molecule has 2 N–H and O–H groups in total. The average molecular weight is 461 g/mol. The van der Waals surface area contributed by atoms with Crippen molar-refractivity contribution in [3.8, 4) is 0 Å². The Morgan fingerprint density at radius 3 is 2.58 bits per heavy atom. The van der Waals surface area contributed by atoms with Crippen LogP contribution in [-0.2, 0) is 9.47 Å². The van der Waals surface area contributed by atoms with E-state index >= 15 is 0 Å². The first kappa shape index (κ1) is 24.3. The van der Waals surface area contributed by atoms with Crippen LogP contribution in [0.3, 0.4) is 0 Å². The minimum atomic E-state index is -0.730. The summed E-state index contributed by atoms with van der Waals surface area (Å²) >= 11 is 0. The van der Waals surface area contributed by atoms with Crippen LogP contribution in [-0.4, -0.2) is 47.8 Å². The Bertz CT molecular complexity index is 750. The Labute approximate surface area is 201 Å². The molecule has 0 bridgehead atoms. The Kier molecular flexibility index (Phi) is 6.55. The van der Waals surface area contributed by atoms with Crippen LogP contribution in [0.2, 0.25) is 0 Å². The third-order valence-corrected chi connectivity index (χ3v) is 11.0. The molecule has 5 aliphatic rings. The molecule has 5 rings (SSSR count). The van der Waals surface area contributed by atoms with Gasteiger partial charge in [0.2, 0.25) is 0 Å². The van der Waals surface area contributed by atoms with Crippen molar-refractivity contribution in [1.29, 1.82) is 0 Å². The molecule has 0 aliphatic heterocycles. The van der Waals surface area contributed by atoms with Crippen LogP contribution in [0.25, 0.3) is 0 Å². The molecule has 4 nitrogen and oxygen atoms in total. The van der Waals surface area contributed by atoms with Gasteiger partial charge in [-0.05, 0) is 99.2 Å². The Balaban J connectivity index is 1.42. The van der Waals surface area contributed by atoms with Crippen LogP contribution in [0.4, 0.5) is 0 Å². The summed E-state index contributed by atoms with van der Waals surface area (Å²) in [5, 5.41) is 22.9. The van der Waals surface area contributed by atoms with Gasteiger partial charge in [-0.15, -0.1) is 0 Å². The van der Waals surface area contributed by atoms with Crippen molar-refractivity contribution in [3.05, 3.63) is 11.6 Å². The topological polar surface area (TPSA) is 58.9 Å². The number of fused-ring (bicyclic) bond motifs is 7. The molecule has 0 aromatic carbocycles. The van der Waals surface area contributed by atoms with Crippen LogP contribution in [0.15, 0.2) is 11.6 Å². The molecule has 4 saturated carbocycles. The maximum Gasteiger partial charge on any atom is 0.0995 e. The van der Waals surface area contributed by atoms with E-state index in [1.54, 1.807) is 0 Å². The molecule has 0 aromatic rings. The fourth-order valence-corrected chi connectivity index (χ4v) is 9.43. The number of hydrogen-bond donors (Lipinski definition) is 2. The van der Waals surface area contributed by atoms with Crippen molar-refractivity contribution >= 4 is 0 Å². The molecule has 5 aliphatic carbocycles. The lowest BCUT2D eigenvalue weighted by atomic mass is 9.45. The van der Waals surface area contributed by atoms with Gasteiger partial charge in [-0.2, -0.15) is 0 Å². The zero-order valence-corrected chi connectivity index (χ0v) is 21.5. The van der Waals surface area contributed by atoms with Crippen molar-refractivity contribution in [1.82, 2.24) is 0 Å². The van der Waals surface area contributed by atoms with E-state index in [9.17, 15) is 10.2 Å². The van der Waals surface area contributed by atoms with Gasteiger partial charge >= 0.3 is 0 Å². The minimum Gasteiger partial charge on any atom is -0.393 e. The third-order valence-electron chi connectivity index (χ3n) is 11.0. The zero-order valence-electron chi connectivity index (χ0n) is 21.5. The fourth-order valence-electron chi connectivity index (χ4n) is 9.43. The molecule has 5 unspecified atom stereocenters. The predicted molar refractivity (Wildman–Crippen MR) is 131 cm³/mol. The molecule has 4 heteroatoms. The smallest absolute Gasteiger partial charge is 0.0995 e. The van der Waals surface area contributed by atoms with Gasteiger partial charge in [-0.1, -0.05) is 39.3 Å². The van der Waals surface area contributed by atoms with Gasteiger partial charge < -0.3 is 19.7 Å². The number of aliphatic hydroxyl groups is 2. The lowest BCUT2D eigenvalue weighted by molar-refractivity contribution is -0.210. The highest BCUT2D eigenvalue weighted by molar-refractivity contribution is 5.31. The van der Waals surface area contributed by atoms with Gasteiger partial charge in [-0.3, -0.25) is 0 Å². The van der Waals surface area contributed by atoms with E-state index in [1.165, 1.54) is 18.4 Å². The lowest BCUT2D eigenvalue weighted by Crippen LogP contribution is -2.61. The second-order valence-corrected chi connectivity index (χ2v) is 12.6. The van der Waals surface area contributed by atoms with E-state index in [4.69, 9.17) is 9.47 Å². The molecule has 0 aromatic heterocycles. The molecule has 10 atom stereocenters. The Morgan fingerprint density at radius 1 is 1.03 bits per heavy atom. The molecular weight excluding hydrogens is 412 g/mol. The van der Waals surface area contributed by atoms with Gasteiger partial charge in [0, 0.05) is 25.2 Å². The number of aliphatic hydroxyl groups excluding tert-OH is 1. The van der Waals surface area contributed by atoms with Crippen LogP contribution < -0.4 is 0 Å². The normalized spacial score (nSPS) is 48.8. The summed E-state index contributed by atoms with van der Waals surface area (Å²) in [6, 6.07) is 0. The summed E-state index contributed by atoms with van der Waals surface area (Å²) in [6.45, 7) is 11.4. The standard InChI is InChI=1S/C29H48O4/c1-5-14-32-16-11-25(33-15-6-2)29(31)24-18-22(24)26-21-8-7-19-17-20(30)9-12-27(19,3)23(21)10-13-28(26,29)4/h7,20-26,30-31H,5-6,8-18H2,1-4H3/t20?,21?,22-,23?,24+,25?,26?,27+,28+,29-/m1/s1. The molecule has 33 heavy (non-hydrogen) atoms. The zero-order chi connectivity index (χ0) is 23.4. The van der Waals surface area contributed by atoms with Crippen LogP contribution >= 0.6 is 0 Å². The van der Waals surface area contributed by atoms with E-state index in [1.807, 2.05) is 0 Å². The van der Waals surface area contributed by atoms with Crippen molar-refractivity contribution < 1.29 is 19.7 Å². The fraction of sp³-hybridized carbons (Fsp3) is 0.931. The second-order valence-electron chi connectivity index (χ2n) is 12.6. The van der Waals surface area contributed by atoms with Crippen molar-refractivity contribution in [2.75, 3.05) is 19.8 Å². The van der Waals surface area contributed by atoms with Crippen molar-refractivity contribution in [3.63, 3.8) is 0 Å². The first-order valence-corrected chi connectivity index (χ1v) is 14.1. The summed E-state index contributed by atoms with van der Waals surface area (Å²) < 4.78 is 12.3. The summed E-state index contributed by atoms with van der Waals surface area (Å²) in [4.78, 5) is 0. The van der Waals surface area contributed by atoms with Gasteiger partial charge in [-0.25, -0.2) is 0 Å². The highest BCUT2D eigenvalue weighted by Gasteiger charge is 2.78.